The van der Waals surface area contributed by atoms with Gasteiger partial charge in [0, 0.05) is 0 Å². The van der Waals surface area contributed by atoms with Crippen molar-refractivity contribution in [1.82, 2.24) is 0 Å². The van der Waals surface area contributed by atoms with Gasteiger partial charge in [-0.25, -0.2) is 0 Å². The summed E-state index contributed by atoms with van der Waals surface area (Å²) >= 11 is 4.74. The van der Waals surface area contributed by atoms with Crippen molar-refractivity contribution < 1.29 is 9.47 Å². The van der Waals surface area contributed by atoms with Gasteiger partial charge in [0.25, 0.3) is 0 Å². The third kappa shape index (κ3) is 33.4. The molecule has 0 bridgehead atoms. The van der Waals surface area contributed by atoms with E-state index < -0.39 is 0 Å². The molecule has 0 aliphatic rings. The first-order valence-corrected chi connectivity index (χ1v) is 16.2. The molecule has 0 atom stereocenters. The van der Waals surface area contributed by atoms with Gasteiger partial charge in [-0.05, 0) is 6.92 Å². The Morgan fingerprint density at radius 2 is 0.905 bits per heavy atom. The average molecular weight is 549 g/mol. The van der Waals surface area contributed by atoms with Crippen molar-refractivity contribution >= 4 is 40.0 Å². The van der Waals surface area contributed by atoms with Crippen LogP contribution in [0, 0.1) is 6.92 Å². The van der Waals surface area contributed by atoms with Crippen LogP contribution in [0.4, 0.5) is 0 Å². The maximum Gasteiger partial charge on any atom is -0.0623 e. The zero-order chi connectivity index (χ0) is 16.8. The van der Waals surface area contributed by atoms with Crippen LogP contribution >= 0.6 is 40.0 Å². The third-order valence-corrected chi connectivity index (χ3v) is 1.61. The van der Waals surface area contributed by atoms with Gasteiger partial charge >= 0.3 is 49.4 Å². The number of rotatable bonds is 0. The summed E-state index contributed by atoms with van der Waals surface area (Å²) in [6.07, 6.45) is 1.25. The van der Waals surface area contributed by atoms with E-state index in [1.165, 1.54) is 12.0 Å². The maximum absolute atomic E-state index is 2.37. The van der Waals surface area contributed by atoms with Crippen LogP contribution in [0.2, 0.25) is 0 Å². The number of aryl methyl sites for hydroxylation is 1. The molecule has 0 aliphatic heterocycles. The van der Waals surface area contributed by atoms with E-state index in [1.54, 1.807) is 0 Å². The summed E-state index contributed by atoms with van der Waals surface area (Å²) in [6, 6.07) is 22.3. The molecule has 0 radical (unpaired) electrons. The summed E-state index contributed by atoms with van der Waals surface area (Å²) in [4.78, 5) is 0. The molecule has 0 aliphatic carbocycles. The van der Waals surface area contributed by atoms with Gasteiger partial charge < -0.3 is 0 Å². The van der Waals surface area contributed by atoms with Crippen molar-refractivity contribution in [3.63, 3.8) is 0 Å². The molecule has 0 unspecified atom stereocenters. The first kappa shape index (κ1) is 26.4. The Hall–Kier alpha value is 0.484. The van der Waals surface area contributed by atoms with Gasteiger partial charge in [-0.3, -0.25) is 0 Å². The van der Waals surface area contributed by atoms with Crippen molar-refractivity contribution in [2.75, 3.05) is 0 Å². The third-order valence-electron chi connectivity index (χ3n) is 1.61. The second-order valence-corrected chi connectivity index (χ2v) is 15.4. The monoisotopic (exact) mass is 549 g/mol. The van der Waals surface area contributed by atoms with Gasteiger partial charge in [0.15, 0.2) is 0 Å². The van der Waals surface area contributed by atoms with Crippen molar-refractivity contribution in [2.24, 2.45) is 0 Å². The summed E-state index contributed by atoms with van der Waals surface area (Å²) in [5.41, 5.74) is 1.32. The molecule has 0 saturated carbocycles. The summed E-state index contributed by atoms with van der Waals surface area (Å²) < 4.78 is 0. The van der Waals surface area contributed by atoms with Gasteiger partial charge in [-0.15, -0.1) is 0 Å². The predicted octanol–water partition coefficient (Wildman–Crippen LogP) is 7.89. The summed E-state index contributed by atoms with van der Waals surface area (Å²) in [7, 11) is 0.628. The van der Waals surface area contributed by atoms with Gasteiger partial charge in [0.2, 0.25) is 0 Å². The molecule has 2 rings (SSSR count). The summed E-state index contributed by atoms with van der Waals surface area (Å²) in [5, 5.41) is 0. The van der Waals surface area contributed by atoms with E-state index in [0.717, 1.165) is 0 Å². The Balaban J connectivity index is -0.000000211. The largest absolute Gasteiger partial charge is 0.0623 e. The van der Waals surface area contributed by atoms with Gasteiger partial charge in [-0.1, -0.05) is 106 Å². The fourth-order valence-electron chi connectivity index (χ4n) is 0.919. The van der Waals surface area contributed by atoms with Gasteiger partial charge in [0.05, 0.1) is 0 Å². The normalized spacial score (nSPS) is 7.00. The molecule has 0 heterocycles. The Bertz CT molecular complexity index is 310. The van der Waals surface area contributed by atoms with Crippen LogP contribution in [-0.2, 0) is 9.47 Å². The first-order chi connectivity index (χ1) is 10.2. The smallest absolute Gasteiger partial charge is 0.0623 e. The van der Waals surface area contributed by atoms with Crippen molar-refractivity contribution in [3.8, 4) is 0 Å². The number of halogens is 2. The molecular formula is C18H28I2V. The van der Waals surface area contributed by atoms with Crippen molar-refractivity contribution in [1.29, 1.82) is 0 Å². The Morgan fingerprint density at radius 1 is 0.714 bits per heavy atom. The number of hydrogen-bond acceptors (Lipinski definition) is 0. The van der Waals surface area contributed by atoms with Gasteiger partial charge in [-0.2, -0.15) is 0 Å². The fourth-order valence-corrected chi connectivity index (χ4v) is 0.919. The molecule has 0 fully saturated rings. The molecule has 3 heteroatoms. The zero-order valence-corrected chi connectivity index (χ0v) is 19.5. The van der Waals surface area contributed by atoms with Crippen molar-refractivity contribution in [3.05, 3.63) is 72.3 Å². The van der Waals surface area contributed by atoms with Crippen LogP contribution in [-0.4, -0.2) is 0 Å². The minimum absolute atomic E-state index is 0.628. The van der Waals surface area contributed by atoms with Crippen LogP contribution in [0.1, 0.15) is 39.7 Å². The first-order valence-electron chi connectivity index (χ1n) is 7.16. The fraction of sp³-hybridized carbons (Fsp3) is 0.333. The van der Waals surface area contributed by atoms with E-state index in [2.05, 4.69) is 72.9 Å². The standard InChI is InChI=1S/C7H8.C6H6.C3H8.C2H6.2HI.V/c1-7-5-3-2-4-6-7;1-2-4-6-5-3-1;1-3-2;1-2;;;/h2-6H,1H3;1-6H;3H2,1-2H3;1-2H3;2*1H;/q;;;;;;+2/p-2. The molecule has 0 aromatic heterocycles. The minimum Gasteiger partial charge on any atom is -0.0623 e. The van der Waals surface area contributed by atoms with E-state index in [9.17, 15) is 0 Å². The zero-order valence-electron chi connectivity index (χ0n) is 13.8. The number of benzene rings is 2. The van der Waals surface area contributed by atoms with Crippen LogP contribution < -0.4 is 0 Å². The Morgan fingerprint density at radius 3 is 1.05 bits per heavy atom. The molecule has 0 N–H and O–H groups in total. The maximum atomic E-state index is 2.37. The molecule has 21 heavy (non-hydrogen) atoms. The predicted molar refractivity (Wildman–Crippen MR) is 113 cm³/mol. The van der Waals surface area contributed by atoms with Crippen LogP contribution in [0.15, 0.2) is 66.7 Å². The molecular weight excluding hydrogens is 521 g/mol. The second kappa shape index (κ2) is 28.6. The quantitative estimate of drug-likeness (QED) is 0.294. The molecule has 2 aromatic carbocycles. The molecule has 2 aromatic rings. The summed E-state index contributed by atoms with van der Waals surface area (Å²) in [6.45, 7) is 10.3. The van der Waals surface area contributed by atoms with Crippen molar-refractivity contribution in [2.45, 2.75) is 41.0 Å². The Labute approximate surface area is 161 Å². The van der Waals surface area contributed by atoms with E-state index in [-0.39, 0.29) is 0 Å². The SMILES string of the molecule is CC.CCC.Cc1ccccc1.[I][V][I].c1ccccc1. The molecule has 0 spiro atoms. The van der Waals surface area contributed by atoms with E-state index in [4.69, 9.17) is 0 Å². The Kier molecular flexibility index (Phi) is 36.0. The summed E-state index contributed by atoms with van der Waals surface area (Å²) in [5.74, 6) is 0. The molecule has 0 saturated heterocycles. The van der Waals surface area contributed by atoms with E-state index in [1.807, 2.05) is 68.4 Å². The van der Waals surface area contributed by atoms with Gasteiger partial charge in [0.1, 0.15) is 0 Å². The second-order valence-electron chi connectivity index (χ2n) is 3.58. The van der Waals surface area contributed by atoms with Crippen LogP contribution in [0.5, 0.6) is 0 Å². The molecule has 0 nitrogen and oxygen atoms in total. The van der Waals surface area contributed by atoms with E-state index in [0.29, 0.717) is 9.47 Å². The molecule has 0 amide bonds. The topological polar surface area (TPSA) is 0 Å². The number of hydrogen-bond donors (Lipinski definition) is 0. The molecule has 119 valence electrons. The van der Waals surface area contributed by atoms with Crippen LogP contribution in [0.25, 0.3) is 0 Å². The van der Waals surface area contributed by atoms with E-state index >= 15 is 0 Å². The van der Waals surface area contributed by atoms with Crippen LogP contribution in [0.3, 0.4) is 0 Å². The average Bonchev–Trinajstić information content (AvgIpc) is 2.54. The minimum atomic E-state index is 0.628.